The maximum absolute atomic E-state index is 11.3. The molecule has 0 saturated heterocycles. The summed E-state index contributed by atoms with van der Waals surface area (Å²) in [5, 5.41) is 0. The minimum Gasteiger partial charge on any atom is -0.477 e. The molecule has 16 heavy (non-hydrogen) atoms. The van der Waals surface area contributed by atoms with Crippen LogP contribution in [-0.4, -0.2) is 17.4 Å². The van der Waals surface area contributed by atoms with Gasteiger partial charge < -0.3 is 4.74 Å². The van der Waals surface area contributed by atoms with E-state index in [0.29, 0.717) is 24.0 Å². The smallest absolute Gasteiger partial charge is 0.224 e. The lowest BCUT2D eigenvalue weighted by molar-refractivity contribution is 0.101. The lowest BCUT2D eigenvalue weighted by atomic mass is 10.1. The first-order chi connectivity index (χ1) is 7.77. The van der Waals surface area contributed by atoms with Gasteiger partial charge in [0.05, 0.1) is 12.2 Å². The zero-order valence-corrected chi connectivity index (χ0v) is 9.61. The van der Waals surface area contributed by atoms with Gasteiger partial charge in [0, 0.05) is 6.20 Å². The van der Waals surface area contributed by atoms with E-state index >= 15 is 0 Å². The zero-order valence-electron chi connectivity index (χ0n) is 9.61. The third-order valence-electron chi connectivity index (χ3n) is 3.08. The van der Waals surface area contributed by atoms with E-state index in [1.165, 1.54) is 25.7 Å². The van der Waals surface area contributed by atoms with E-state index in [-0.39, 0.29) is 5.78 Å². The largest absolute Gasteiger partial charge is 0.477 e. The van der Waals surface area contributed by atoms with Gasteiger partial charge in [-0.05, 0) is 37.8 Å². The summed E-state index contributed by atoms with van der Waals surface area (Å²) in [5.74, 6) is 1.14. The molecule has 0 aliphatic heterocycles. The lowest BCUT2D eigenvalue weighted by Crippen LogP contribution is -2.11. The Kier molecular flexibility index (Phi) is 3.54. The van der Waals surface area contributed by atoms with Gasteiger partial charge in [0.2, 0.25) is 5.88 Å². The number of carbonyl (C=O) groups is 1. The molecule has 1 aromatic heterocycles. The van der Waals surface area contributed by atoms with E-state index in [4.69, 9.17) is 4.74 Å². The highest BCUT2D eigenvalue weighted by atomic mass is 16.5. The van der Waals surface area contributed by atoms with Crippen molar-refractivity contribution in [2.24, 2.45) is 5.92 Å². The SMILES string of the molecule is CC(=O)c1cccnc1OCC1CCCC1. The summed E-state index contributed by atoms with van der Waals surface area (Å²) in [6, 6.07) is 3.53. The number of nitrogens with zero attached hydrogens (tertiary/aromatic N) is 1. The van der Waals surface area contributed by atoms with E-state index in [1.807, 2.05) is 0 Å². The van der Waals surface area contributed by atoms with Crippen molar-refractivity contribution in [2.75, 3.05) is 6.61 Å². The maximum atomic E-state index is 11.3. The topological polar surface area (TPSA) is 39.2 Å². The molecule has 3 heteroatoms. The molecule has 2 rings (SSSR count). The molecule has 0 radical (unpaired) electrons. The second kappa shape index (κ2) is 5.10. The monoisotopic (exact) mass is 219 g/mol. The Balaban J connectivity index is 2.00. The Morgan fingerprint density at radius 1 is 1.50 bits per heavy atom. The molecular formula is C13H17NO2. The predicted molar refractivity (Wildman–Crippen MR) is 61.7 cm³/mol. The van der Waals surface area contributed by atoms with Crippen LogP contribution in [0.25, 0.3) is 0 Å². The normalized spacial score (nSPS) is 16.3. The van der Waals surface area contributed by atoms with Gasteiger partial charge in [-0.3, -0.25) is 4.79 Å². The maximum Gasteiger partial charge on any atom is 0.224 e. The molecule has 3 nitrogen and oxygen atoms in total. The van der Waals surface area contributed by atoms with Gasteiger partial charge in [0.1, 0.15) is 0 Å². The number of ether oxygens (including phenoxy) is 1. The highest BCUT2D eigenvalue weighted by Crippen LogP contribution is 2.26. The van der Waals surface area contributed by atoms with Crippen LogP contribution in [0.5, 0.6) is 5.88 Å². The Morgan fingerprint density at radius 2 is 2.25 bits per heavy atom. The second-order valence-electron chi connectivity index (χ2n) is 4.37. The van der Waals surface area contributed by atoms with E-state index in [1.54, 1.807) is 25.3 Å². The molecule has 0 aromatic carbocycles. The molecule has 1 aliphatic rings. The Labute approximate surface area is 95.8 Å². The third kappa shape index (κ3) is 2.60. The van der Waals surface area contributed by atoms with Crippen molar-refractivity contribution in [2.45, 2.75) is 32.6 Å². The summed E-state index contributed by atoms with van der Waals surface area (Å²) in [5.41, 5.74) is 0.584. The van der Waals surface area contributed by atoms with E-state index in [9.17, 15) is 4.79 Å². The standard InChI is InChI=1S/C13H17NO2/c1-10(15)12-7-4-8-14-13(12)16-9-11-5-2-3-6-11/h4,7-8,11H,2-3,5-6,9H2,1H3. The van der Waals surface area contributed by atoms with Crippen molar-refractivity contribution < 1.29 is 9.53 Å². The number of ketones is 1. The molecule has 86 valence electrons. The van der Waals surface area contributed by atoms with Crippen molar-refractivity contribution in [1.29, 1.82) is 0 Å². The molecular weight excluding hydrogens is 202 g/mol. The highest BCUT2D eigenvalue weighted by molar-refractivity contribution is 5.96. The first-order valence-corrected chi connectivity index (χ1v) is 5.86. The molecule has 0 unspecified atom stereocenters. The summed E-state index contributed by atoms with van der Waals surface area (Å²) in [6.07, 6.45) is 6.74. The van der Waals surface area contributed by atoms with Crippen LogP contribution in [0.1, 0.15) is 43.0 Å². The van der Waals surface area contributed by atoms with E-state index in [0.717, 1.165) is 0 Å². The minimum atomic E-state index is 0.00882. The van der Waals surface area contributed by atoms with Gasteiger partial charge in [-0.2, -0.15) is 0 Å². The Hall–Kier alpha value is -1.38. The van der Waals surface area contributed by atoms with Crippen LogP contribution in [0.4, 0.5) is 0 Å². The second-order valence-corrected chi connectivity index (χ2v) is 4.37. The molecule has 1 saturated carbocycles. The minimum absolute atomic E-state index is 0.00882. The molecule has 0 atom stereocenters. The number of Topliss-reactive ketones (excluding diaryl/α,β-unsaturated/α-hetero) is 1. The molecule has 0 bridgehead atoms. The Morgan fingerprint density at radius 3 is 2.94 bits per heavy atom. The van der Waals surface area contributed by atoms with Crippen LogP contribution in [0.2, 0.25) is 0 Å². The molecule has 1 heterocycles. The van der Waals surface area contributed by atoms with E-state index < -0.39 is 0 Å². The highest BCUT2D eigenvalue weighted by Gasteiger charge is 2.17. The number of hydrogen-bond donors (Lipinski definition) is 0. The average molecular weight is 219 g/mol. The summed E-state index contributed by atoms with van der Waals surface area (Å²) in [4.78, 5) is 15.5. The van der Waals surface area contributed by atoms with Gasteiger partial charge in [-0.25, -0.2) is 4.98 Å². The fraction of sp³-hybridized carbons (Fsp3) is 0.538. The summed E-state index contributed by atoms with van der Waals surface area (Å²) >= 11 is 0. The fourth-order valence-electron chi connectivity index (χ4n) is 2.15. The molecule has 1 aromatic rings. The molecule has 0 N–H and O–H groups in total. The van der Waals surface area contributed by atoms with Crippen LogP contribution in [0, 0.1) is 5.92 Å². The molecule has 0 spiro atoms. The number of rotatable bonds is 4. The van der Waals surface area contributed by atoms with Crippen molar-refractivity contribution >= 4 is 5.78 Å². The first kappa shape index (κ1) is 11.1. The molecule has 0 amide bonds. The van der Waals surface area contributed by atoms with E-state index in [2.05, 4.69) is 4.98 Å². The van der Waals surface area contributed by atoms with Crippen molar-refractivity contribution in [1.82, 2.24) is 4.98 Å². The number of carbonyl (C=O) groups excluding carboxylic acids is 1. The fourth-order valence-corrected chi connectivity index (χ4v) is 2.15. The van der Waals surface area contributed by atoms with Crippen LogP contribution in [0.15, 0.2) is 18.3 Å². The third-order valence-corrected chi connectivity index (χ3v) is 3.08. The van der Waals surface area contributed by atoms with Gasteiger partial charge in [0.25, 0.3) is 0 Å². The molecule has 1 fully saturated rings. The number of aromatic nitrogens is 1. The van der Waals surface area contributed by atoms with Gasteiger partial charge >= 0.3 is 0 Å². The van der Waals surface area contributed by atoms with Crippen molar-refractivity contribution in [3.8, 4) is 5.88 Å². The van der Waals surface area contributed by atoms with Crippen LogP contribution < -0.4 is 4.74 Å². The van der Waals surface area contributed by atoms with Crippen molar-refractivity contribution in [3.05, 3.63) is 23.9 Å². The summed E-state index contributed by atoms with van der Waals surface area (Å²) < 4.78 is 5.65. The summed E-state index contributed by atoms with van der Waals surface area (Å²) in [7, 11) is 0. The summed E-state index contributed by atoms with van der Waals surface area (Å²) in [6.45, 7) is 2.23. The van der Waals surface area contributed by atoms with Crippen molar-refractivity contribution in [3.63, 3.8) is 0 Å². The number of hydrogen-bond acceptors (Lipinski definition) is 3. The first-order valence-electron chi connectivity index (χ1n) is 5.86. The van der Waals surface area contributed by atoms with Crippen LogP contribution >= 0.6 is 0 Å². The lowest BCUT2D eigenvalue weighted by Gasteiger charge is -2.12. The quantitative estimate of drug-likeness (QED) is 0.731. The van der Waals surface area contributed by atoms with Gasteiger partial charge in [-0.15, -0.1) is 0 Å². The predicted octanol–water partition coefficient (Wildman–Crippen LogP) is 2.85. The average Bonchev–Trinajstić information content (AvgIpc) is 2.79. The Bertz CT molecular complexity index is 370. The van der Waals surface area contributed by atoms with Crippen LogP contribution in [0.3, 0.4) is 0 Å². The van der Waals surface area contributed by atoms with Gasteiger partial charge in [0.15, 0.2) is 5.78 Å². The van der Waals surface area contributed by atoms with Gasteiger partial charge in [-0.1, -0.05) is 12.8 Å². The number of pyridine rings is 1. The molecule has 1 aliphatic carbocycles. The zero-order chi connectivity index (χ0) is 11.4. The van der Waals surface area contributed by atoms with Crippen LogP contribution in [-0.2, 0) is 0 Å².